The smallest absolute Gasteiger partial charge is 0.330 e. The predicted octanol–water partition coefficient (Wildman–Crippen LogP) is 2.57. The Morgan fingerprint density at radius 3 is 2.62 bits per heavy atom. The van der Waals surface area contributed by atoms with Crippen LogP contribution in [-0.4, -0.2) is 25.8 Å². The molecule has 0 aliphatic heterocycles. The number of hydrogen-bond donors (Lipinski definition) is 2. The van der Waals surface area contributed by atoms with E-state index >= 15 is 0 Å². The first-order valence-electron chi connectivity index (χ1n) is 8.86. The minimum Gasteiger partial charge on any atom is -0.534 e. The van der Waals surface area contributed by atoms with Gasteiger partial charge >= 0.3 is 5.69 Å². The van der Waals surface area contributed by atoms with Crippen molar-refractivity contribution in [2.24, 2.45) is 14.1 Å². The van der Waals surface area contributed by atoms with E-state index in [-0.39, 0.29) is 48.4 Å². The topological polar surface area (TPSA) is 93.3 Å². The molecule has 9 heteroatoms. The van der Waals surface area contributed by atoms with E-state index in [2.05, 4.69) is 11.4 Å². The van der Waals surface area contributed by atoms with E-state index in [0.29, 0.717) is 22.0 Å². The number of ketones is 1. The molecule has 0 unspecified atom stereocenters. The standard InChI is InChI=1S/C20H24N3O4S.U/c1-5-6-10-17(28-12-16(25)14-8-7-9-15(24)11-14)21-18-13(2)22(3)20(27)23(4)19(18)26;/h7-8,10-11,21,24H,5-6,12H2,1-4H3;/q-1;/b17-10-;. The number of unbranched alkanes of at least 4 members (excludes halogenated alkanes) is 1. The van der Waals surface area contributed by atoms with Gasteiger partial charge in [-0.25, -0.2) is 4.79 Å². The molecule has 7 nitrogen and oxygen atoms in total. The molecule has 1 aromatic carbocycles. The fourth-order valence-corrected chi connectivity index (χ4v) is 3.35. The SMILES string of the molecule is CCC/C=C(/Nc1c(C)n(C)c(=O)n(C)c1=O)SCC(=O)c1cc[c-]c(O)c1.[U]. The summed E-state index contributed by atoms with van der Waals surface area (Å²) >= 11 is 1.27. The van der Waals surface area contributed by atoms with Crippen LogP contribution in [0.15, 0.2) is 38.9 Å². The van der Waals surface area contributed by atoms with Crippen LogP contribution < -0.4 is 16.6 Å². The number of carbonyl (C=O) groups is 1. The summed E-state index contributed by atoms with van der Waals surface area (Å²) in [5.74, 6) is -0.0967. The van der Waals surface area contributed by atoms with Gasteiger partial charge in [0.05, 0.1) is 10.8 Å². The monoisotopic (exact) mass is 640 g/mol. The Morgan fingerprint density at radius 1 is 1.31 bits per heavy atom. The summed E-state index contributed by atoms with van der Waals surface area (Å²) in [7, 11) is 3.04. The molecule has 0 atom stereocenters. The van der Waals surface area contributed by atoms with Gasteiger partial charge in [0.25, 0.3) is 5.56 Å². The van der Waals surface area contributed by atoms with Gasteiger partial charge in [-0.2, -0.15) is 12.1 Å². The zero-order valence-electron chi connectivity index (χ0n) is 16.9. The van der Waals surface area contributed by atoms with Gasteiger partial charge in [0, 0.05) is 56.7 Å². The Balaban J connectivity index is 0.00000420. The van der Waals surface area contributed by atoms with E-state index in [1.807, 2.05) is 13.0 Å². The van der Waals surface area contributed by atoms with Crippen molar-refractivity contribution in [2.75, 3.05) is 11.1 Å². The van der Waals surface area contributed by atoms with Crippen LogP contribution in [-0.2, 0) is 14.1 Å². The third-order valence-electron chi connectivity index (χ3n) is 4.29. The molecule has 0 bridgehead atoms. The molecular weight excluding hydrogens is 616 g/mol. The summed E-state index contributed by atoms with van der Waals surface area (Å²) in [6.45, 7) is 3.73. The van der Waals surface area contributed by atoms with Crippen LogP contribution in [0.2, 0.25) is 0 Å². The molecular formula is C20H24N3O4SU-. The molecule has 1 aromatic heterocycles. The summed E-state index contributed by atoms with van der Waals surface area (Å²) in [6.07, 6.45) is 3.61. The Morgan fingerprint density at radius 2 is 2.00 bits per heavy atom. The second kappa shape index (κ2) is 11.5. The summed E-state index contributed by atoms with van der Waals surface area (Å²) in [6, 6.07) is 7.05. The number of nitrogens with zero attached hydrogens (tertiary/aromatic N) is 2. The number of thioether (sulfide) groups is 1. The molecule has 0 amide bonds. The predicted molar refractivity (Wildman–Crippen MR) is 112 cm³/mol. The minimum atomic E-state index is -0.418. The number of nitrogens with one attached hydrogen (secondary N) is 1. The Hall–Kier alpha value is -1.69. The third-order valence-corrected chi connectivity index (χ3v) is 5.28. The van der Waals surface area contributed by atoms with E-state index in [1.54, 1.807) is 20.0 Å². The Labute approximate surface area is 197 Å². The van der Waals surface area contributed by atoms with Crippen molar-refractivity contribution in [1.29, 1.82) is 0 Å². The molecule has 2 N–H and O–H groups in total. The number of anilines is 1. The van der Waals surface area contributed by atoms with Crippen molar-refractivity contribution in [3.63, 3.8) is 0 Å². The average molecular weight is 641 g/mol. The second-order valence-electron chi connectivity index (χ2n) is 6.32. The van der Waals surface area contributed by atoms with E-state index in [4.69, 9.17) is 0 Å². The van der Waals surface area contributed by atoms with E-state index in [9.17, 15) is 19.5 Å². The Bertz CT molecular complexity index is 1030. The normalized spacial score (nSPS) is 11.1. The van der Waals surface area contributed by atoms with Crippen LogP contribution in [0.4, 0.5) is 5.69 Å². The maximum absolute atomic E-state index is 12.5. The fraction of sp³-hybridized carbons (Fsp3) is 0.350. The van der Waals surface area contributed by atoms with Crippen molar-refractivity contribution < 1.29 is 41.0 Å². The molecule has 0 radical (unpaired) electrons. The first-order chi connectivity index (χ1) is 13.3. The number of aromatic hydroxyl groups is 1. The van der Waals surface area contributed by atoms with Crippen LogP contribution in [0.1, 0.15) is 35.8 Å². The molecule has 0 saturated carbocycles. The summed E-state index contributed by atoms with van der Waals surface area (Å²) < 4.78 is 2.45. The van der Waals surface area contributed by atoms with Crippen LogP contribution in [0.25, 0.3) is 0 Å². The maximum atomic E-state index is 12.5. The number of Topliss-reactive ketones (excluding diaryl/α,β-unsaturated/α-hetero) is 1. The number of benzene rings is 1. The molecule has 0 aliphatic carbocycles. The zero-order valence-corrected chi connectivity index (χ0v) is 21.9. The molecule has 0 fully saturated rings. The van der Waals surface area contributed by atoms with Gasteiger partial charge in [0.2, 0.25) is 0 Å². The summed E-state index contributed by atoms with van der Waals surface area (Å²) in [5, 5.41) is 13.3. The Kier molecular flexibility index (Phi) is 10.0. The molecule has 0 aliphatic rings. The molecule has 2 aromatic rings. The van der Waals surface area contributed by atoms with Crippen LogP contribution in [0, 0.1) is 44.1 Å². The van der Waals surface area contributed by atoms with Crippen LogP contribution in [0.3, 0.4) is 0 Å². The van der Waals surface area contributed by atoms with Crippen LogP contribution >= 0.6 is 11.8 Å². The largest absolute Gasteiger partial charge is 0.534 e. The quantitative estimate of drug-likeness (QED) is 0.341. The molecule has 2 rings (SSSR count). The van der Waals surface area contributed by atoms with Crippen molar-refractivity contribution in [3.05, 3.63) is 67.5 Å². The van der Waals surface area contributed by atoms with Gasteiger partial charge in [-0.1, -0.05) is 25.0 Å². The van der Waals surface area contributed by atoms with Gasteiger partial charge in [-0.15, -0.1) is 23.9 Å². The van der Waals surface area contributed by atoms with Crippen molar-refractivity contribution in [3.8, 4) is 5.75 Å². The molecule has 0 saturated heterocycles. The second-order valence-corrected chi connectivity index (χ2v) is 7.34. The van der Waals surface area contributed by atoms with Crippen molar-refractivity contribution in [2.45, 2.75) is 26.7 Å². The molecule has 154 valence electrons. The van der Waals surface area contributed by atoms with Gasteiger partial charge in [0.15, 0.2) is 0 Å². The number of rotatable bonds is 8. The number of hydrogen-bond acceptors (Lipinski definition) is 6. The number of phenols is 1. The number of aromatic nitrogens is 2. The number of carbonyl (C=O) groups excluding carboxylic acids is 1. The first-order valence-corrected chi connectivity index (χ1v) is 9.85. The van der Waals surface area contributed by atoms with Crippen molar-refractivity contribution in [1.82, 2.24) is 9.13 Å². The van der Waals surface area contributed by atoms with Crippen molar-refractivity contribution >= 4 is 23.2 Å². The number of phenolic OH excluding ortho intramolecular Hbond substituents is 1. The van der Waals surface area contributed by atoms with Gasteiger partial charge in [-0.05, 0) is 13.3 Å². The average Bonchev–Trinajstić information content (AvgIpc) is 2.69. The maximum Gasteiger partial charge on any atom is 0.330 e. The van der Waals surface area contributed by atoms with E-state index < -0.39 is 11.2 Å². The van der Waals surface area contributed by atoms with E-state index in [1.165, 1.54) is 35.5 Å². The first kappa shape index (κ1) is 25.3. The third kappa shape index (κ3) is 6.40. The number of allylic oxidation sites excluding steroid dienone is 1. The zero-order chi connectivity index (χ0) is 20.8. The molecule has 1 heterocycles. The van der Waals surface area contributed by atoms with Gasteiger partial charge in [0.1, 0.15) is 11.5 Å². The van der Waals surface area contributed by atoms with Crippen LogP contribution in [0.5, 0.6) is 5.75 Å². The molecule has 0 spiro atoms. The fourth-order valence-electron chi connectivity index (χ4n) is 2.49. The molecule has 29 heavy (non-hydrogen) atoms. The summed E-state index contributed by atoms with van der Waals surface area (Å²) in [4.78, 5) is 37.0. The van der Waals surface area contributed by atoms with Gasteiger partial charge in [-0.3, -0.25) is 18.7 Å². The van der Waals surface area contributed by atoms with Gasteiger partial charge < -0.3 is 10.4 Å². The summed E-state index contributed by atoms with van der Waals surface area (Å²) in [5.41, 5.74) is 0.409. The van der Waals surface area contributed by atoms with E-state index in [0.717, 1.165) is 17.4 Å². The minimum absolute atomic E-state index is 0.